The van der Waals surface area contributed by atoms with Gasteiger partial charge < -0.3 is 9.47 Å². The molecule has 0 amide bonds. The van der Waals surface area contributed by atoms with E-state index in [1.54, 1.807) is 25.8 Å². The van der Waals surface area contributed by atoms with Crippen LogP contribution in [0, 0.1) is 0 Å². The Morgan fingerprint density at radius 2 is 2.08 bits per heavy atom. The molecule has 0 saturated carbocycles. The van der Waals surface area contributed by atoms with Crippen LogP contribution in [-0.2, 0) is 10.5 Å². The highest BCUT2D eigenvalue weighted by atomic mass is 32.2. The summed E-state index contributed by atoms with van der Waals surface area (Å²) in [5, 5.41) is 4.63. The van der Waals surface area contributed by atoms with E-state index >= 15 is 0 Å². The van der Waals surface area contributed by atoms with Gasteiger partial charge in [0.25, 0.3) is 0 Å². The first kappa shape index (κ1) is 16.7. The molecule has 0 saturated heterocycles. The molecular formula is C20H18N2O3S. The number of nitrogens with zero attached hydrogens (tertiary/aromatic N) is 2. The number of rotatable bonds is 4. The van der Waals surface area contributed by atoms with Crippen LogP contribution < -0.4 is 4.74 Å². The summed E-state index contributed by atoms with van der Waals surface area (Å²) in [6, 6.07) is 15.8. The minimum atomic E-state index is -0.384. The third-order valence-corrected chi connectivity index (χ3v) is 5.36. The molecule has 1 aromatic heterocycles. The van der Waals surface area contributed by atoms with Crippen LogP contribution in [0.25, 0.3) is 16.9 Å². The first-order valence-electron chi connectivity index (χ1n) is 8.38. The van der Waals surface area contributed by atoms with Gasteiger partial charge in [0.05, 0.1) is 25.1 Å². The summed E-state index contributed by atoms with van der Waals surface area (Å²) in [6.45, 7) is 2.12. The van der Waals surface area contributed by atoms with Crippen molar-refractivity contribution in [1.29, 1.82) is 0 Å². The maximum Gasteiger partial charge on any atom is 0.359 e. The van der Waals surface area contributed by atoms with Crippen LogP contribution in [0.3, 0.4) is 0 Å². The number of aromatic nitrogens is 2. The summed E-state index contributed by atoms with van der Waals surface area (Å²) in [7, 11) is 1.63. The minimum Gasteiger partial charge on any atom is -0.497 e. The molecule has 5 nitrogen and oxygen atoms in total. The summed E-state index contributed by atoms with van der Waals surface area (Å²) in [5.41, 5.74) is 4.15. The van der Waals surface area contributed by atoms with E-state index in [9.17, 15) is 4.79 Å². The fraction of sp³-hybridized carbons (Fsp3) is 0.200. The highest BCUT2D eigenvalue weighted by Gasteiger charge is 2.29. The maximum atomic E-state index is 12.5. The zero-order chi connectivity index (χ0) is 18.1. The number of carbonyl (C=O) groups is 1. The number of ether oxygens (including phenoxy) is 2. The number of carbonyl (C=O) groups excluding carboxylic acids is 1. The molecule has 1 aliphatic heterocycles. The maximum absolute atomic E-state index is 12.5. The lowest BCUT2D eigenvalue weighted by Crippen LogP contribution is -2.08. The fourth-order valence-corrected chi connectivity index (χ4v) is 4.16. The van der Waals surface area contributed by atoms with E-state index < -0.39 is 0 Å². The van der Waals surface area contributed by atoms with E-state index in [0.29, 0.717) is 18.1 Å². The molecule has 2 heterocycles. The van der Waals surface area contributed by atoms with E-state index in [4.69, 9.17) is 9.47 Å². The van der Waals surface area contributed by atoms with Gasteiger partial charge in [-0.2, -0.15) is 5.10 Å². The molecule has 0 fully saturated rings. The van der Waals surface area contributed by atoms with Gasteiger partial charge in [0.2, 0.25) is 0 Å². The summed E-state index contributed by atoms with van der Waals surface area (Å²) >= 11 is 1.71. The van der Waals surface area contributed by atoms with Crippen LogP contribution >= 0.6 is 11.8 Å². The van der Waals surface area contributed by atoms with Gasteiger partial charge in [-0.1, -0.05) is 24.3 Å². The lowest BCUT2D eigenvalue weighted by molar-refractivity contribution is 0.0518. The van der Waals surface area contributed by atoms with E-state index in [1.165, 1.54) is 4.90 Å². The monoisotopic (exact) mass is 366 g/mol. The van der Waals surface area contributed by atoms with Crippen molar-refractivity contribution >= 4 is 17.7 Å². The molecule has 0 N–H and O–H groups in total. The topological polar surface area (TPSA) is 53.3 Å². The SMILES string of the molecule is CCOC(=O)c1nn(-c2cccc(OC)c2)c2c1CSc1ccccc1-2. The van der Waals surface area contributed by atoms with Gasteiger partial charge in [0.1, 0.15) is 5.75 Å². The Hall–Kier alpha value is -2.73. The van der Waals surface area contributed by atoms with Crippen LogP contribution in [0.5, 0.6) is 5.75 Å². The van der Waals surface area contributed by atoms with E-state index in [0.717, 1.165) is 28.3 Å². The Labute approximate surface area is 155 Å². The predicted molar refractivity (Wildman–Crippen MR) is 101 cm³/mol. The number of hydrogen-bond acceptors (Lipinski definition) is 5. The summed E-state index contributed by atoms with van der Waals surface area (Å²) in [6.07, 6.45) is 0. The smallest absolute Gasteiger partial charge is 0.359 e. The second-order valence-electron chi connectivity index (χ2n) is 5.79. The highest BCUT2D eigenvalue weighted by Crippen LogP contribution is 2.43. The van der Waals surface area contributed by atoms with Crippen LogP contribution in [0.2, 0.25) is 0 Å². The average molecular weight is 366 g/mol. The molecule has 132 valence electrons. The van der Waals surface area contributed by atoms with Gasteiger partial charge in [-0.15, -0.1) is 11.8 Å². The van der Waals surface area contributed by atoms with Gasteiger partial charge in [-0.05, 0) is 25.1 Å². The van der Waals surface area contributed by atoms with Gasteiger partial charge in [-0.3, -0.25) is 0 Å². The van der Waals surface area contributed by atoms with Crippen LogP contribution in [-0.4, -0.2) is 29.5 Å². The zero-order valence-corrected chi connectivity index (χ0v) is 15.4. The molecule has 1 aliphatic rings. The van der Waals surface area contributed by atoms with Crippen molar-refractivity contribution in [1.82, 2.24) is 9.78 Å². The highest BCUT2D eigenvalue weighted by molar-refractivity contribution is 7.98. The fourth-order valence-electron chi connectivity index (χ4n) is 3.09. The van der Waals surface area contributed by atoms with Crippen molar-refractivity contribution in [3.05, 3.63) is 59.8 Å². The number of esters is 1. The second kappa shape index (κ2) is 6.88. The quantitative estimate of drug-likeness (QED) is 0.643. The lowest BCUT2D eigenvalue weighted by Gasteiger charge is -2.18. The number of fused-ring (bicyclic) bond motifs is 3. The number of thioether (sulfide) groups is 1. The molecule has 0 atom stereocenters. The Balaban J connectivity index is 1.96. The van der Waals surface area contributed by atoms with E-state index in [-0.39, 0.29) is 5.97 Å². The third kappa shape index (κ3) is 2.76. The molecular weight excluding hydrogens is 348 g/mol. The molecule has 3 aromatic rings. The normalized spacial score (nSPS) is 12.2. The molecule has 0 unspecified atom stereocenters. The summed E-state index contributed by atoms with van der Waals surface area (Å²) in [4.78, 5) is 13.6. The molecule has 2 aromatic carbocycles. The minimum absolute atomic E-state index is 0.323. The standard InChI is InChI=1S/C20H18N2O3S/c1-3-25-20(23)18-16-12-26-17-10-5-4-9-15(17)19(16)22(21-18)13-7-6-8-14(11-13)24-2/h4-11H,3,12H2,1-2H3. The third-order valence-electron chi connectivity index (χ3n) is 4.26. The summed E-state index contributed by atoms with van der Waals surface area (Å²) in [5.74, 6) is 1.04. The Kier molecular flexibility index (Phi) is 4.42. The molecule has 0 bridgehead atoms. The van der Waals surface area contributed by atoms with Crippen molar-refractivity contribution < 1.29 is 14.3 Å². The van der Waals surface area contributed by atoms with Gasteiger partial charge in [0, 0.05) is 27.8 Å². The molecule has 26 heavy (non-hydrogen) atoms. The summed E-state index contributed by atoms with van der Waals surface area (Å²) < 4.78 is 12.4. The zero-order valence-electron chi connectivity index (χ0n) is 14.6. The Morgan fingerprint density at radius 1 is 1.23 bits per heavy atom. The van der Waals surface area contributed by atoms with Gasteiger partial charge in [0.15, 0.2) is 5.69 Å². The number of methoxy groups -OCH3 is 1. The Morgan fingerprint density at radius 3 is 2.88 bits per heavy atom. The number of benzene rings is 2. The van der Waals surface area contributed by atoms with Crippen LogP contribution in [0.4, 0.5) is 0 Å². The largest absolute Gasteiger partial charge is 0.497 e. The van der Waals surface area contributed by atoms with E-state index in [2.05, 4.69) is 17.2 Å². The van der Waals surface area contributed by atoms with Crippen molar-refractivity contribution in [3.8, 4) is 22.7 Å². The first-order valence-corrected chi connectivity index (χ1v) is 9.37. The second-order valence-corrected chi connectivity index (χ2v) is 6.81. The molecule has 6 heteroatoms. The Bertz CT molecular complexity index is 981. The van der Waals surface area contributed by atoms with Crippen molar-refractivity contribution in [3.63, 3.8) is 0 Å². The van der Waals surface area contributed by atoms with Crippen LogP contribution in [0.15, 0.2) is 53.4 Å². The average Bonchev–Trinajstić information content (AvgIpc) is 3.08. The molecule has 0 aliphatic carbocycles. The number of hydrogen-bond donors (Lipinski definition) is 0. The molecule has 4 rings (SSSR count). The molecule has 0 spiro atoms. The predicted octanol–water partition coefficient (Wildman–Crippen LogP) is 4.33. The van der Waals surface area contributed by atoms with Crippen molar-refractivity contribution in [2.24, 2.45) is 0 Å². The van der Waals surface area contributed by atoms with Crippen molar-refractivity contribution in [2.75, 3.05) is 13.7 Å². The lowest BCUT2D eigenvalue weighted by atomic mass is 10.1. The van der Waals surface area contributed by atoms with E-state index in [1.807, 2.05) is 41.1 Å². The molecule has 0 radical (unpaired) electrons. The van der Waals surface area contributed by atoms with Gasteiger partial charge >= 0.3 is 5.97 Å². The first-order chi connectivity index (χ1) is 12.7. The van der Waals surface area contributed by atoms with Crippen molar-refractivity contribution in [2.45, 2.75) is 17.6 Å². The van der Waals surface area contributed by atoms with Crippen LogP contribution in [0.1, 0.15) is 23.0 Å². The van der Waals surface area contributed by atoms with Gasteiger partial charge in [-0.25, -0.2) is 9.48 Å².